The van der Waals surface area contributed by atoms with E-state index in [1.807, 2.05) is 0 Å². The molecule has 0 bridgehead atoms. The molecule has 6 heteroatoms. The van der Waals surface area contributed by atoms with Gasteiger partial charge in [0, 0.05) is 0 Å². The van der Waals surface area contributed by atoms with Gasteiger partial charge >= 0.3 is 5.69 Å². The van der Waals surface area contributed by atoms with Gasteiger partial charge in [0.25, 0.3) is 5.56 Å². The molecule has 2 rings (SSSR count). The molecular weight excluding hydrogens is 210 g/mol. The van der Waals surface area contributed by atoms with E-state index in [4.69, 9.17) is 0 Å². The van der Waals surface area contributed by atoms with Gasteiger partial charge in [-0.25, -0.2) is 4.79 Å². The molecule has 0 saturated heterocycles. The Morgan fingerprint density at radius 1 is 1.00 bits per heavy atom. The van der Waals surface area contributed by atoms with Crippen molar-refractivity contribution in [2.24, 2.45) is 0 Å². The first-order chi connectivity index (χ1) is 7.19. The molecule has 6 nitrogen and oxygen atoms in total. The summed E-state index contributed by atoms with van der Waals surface area (Å²) in [5.41, 5.74) is -2.16. The minimum atomic E-state index is -0.934. The molecule has 2 N–H and O–H groups in total. The molecule has 1 radical (unpaired) electrons. The minimum Gasteiger partial charge on any atom is -0.309 e. The number of H-pyrrole nitrogens is 2. The SMILES string of the molecule is CC1(C)c2[nH]c(=O)[nH]c(=O)c2C(C)(C)N1[O]. The average molecular weight is 224 g/mol. The van der Waals surface area contributed by atoms with Crippen LogP contribution in [0.5, 0.6) is 0 Å². The number of hydrogen-bond donors (Lipinski definition) is 2. The largest absolute Gasteiger partial charge is 0.325 e. The molecule has 2 heterocycles. The monoisotopic (exact) mass is 224 g/mol. The fraction of sp³-hybridized carbons (Fsp3) is 0.600. The highest BCUT2D eigenvalue weighted by Gasteiger charge is 2.52. The molecular formula is C10H14N3O3. The lowest BCUT2D eigenvalue weighted by molar-refractivity contribution is -0.266. The van der Waals surface area contributed by atoms with Gasteiger partial charge in [0.15, 0.2) is 0 Å². The quantitative estimate of drug-likeness (QED) is 0.659. The third-order valence-electron chi connectivity index (χ3n) is 3.18. The van der Waals surface area contributed by atoms with Crippen molar-refractivity contribution in [3.05, 3.63) is 32.1 Å². The number of fused-ring (bicyclic) bond motifs is 1. The van der Waals surface area contributed by atoms with E-state index in [-0.39, 0.29) is 0 Å². The highest BCUT2D eigenvalue weighted by Crippen LogP contribution is 2.44. The molecule has 0 saturated carbocycles. The van der Waals surface area contributed by atoms with Crippen molar-refractivity contribution in [2.45, 2.75) is 38.8 Å². The molecule has 87 valence electrons. The zero-order valence-corrected chi connectivity index (χ0v) is 9.67. The van der Waals surface area contributed by atoms with Gasteiger partial charge in [-0.05, 0) is 27.7 Å². The second-order valence-corrected chi connectivity index (χ2v) is 5.07. The lowest BCUT2D eigenvalue weighted by Crippen LogP contribution is -2.42. The predicted molar refractivity (Wildman–Crippen MR) is 56.3 cm³/mol. The summed E-state index contributed by atoms with van der Waals surface area (Å²) in [5, 5.41) is 13.0. The van der Waals surface area contributed by atoms with Gasteiger partial charge in [-0.3, -0.25) is 9.78 Å². The van der Waals surface area contributed by atoms with Gasteiger partial charge in [0.2, 0.25) is 0 Å². The van der Waals surface area contributed by atoms with Crippen LogP contribution in [0.4, 0.5) is 0 Å². The third-order valence-corrected chi connectivity index (χ3v) is 3.18. The van der Waals surface area contributed by atoms with Gasteiger partial charge in [0.1, 0.15) is 0 Å². The van der Waals surface area contributed by atoms with Crippen LogP contribution in [0.1, 0.15) is 39.0 Å². The topological polar surface area (TPSA) is 88.9 Å². The van der Waals surface area contributed by atoms with E-state index >= 15 is 0 Å². The molecule has 0 atom stereocenters. The van der Waals surface area contributed by atoms with E-state index in [1.54, 1.807) is 27.7 Å². The highest BCUT2D eigenvalue weighted by atomic mass is 16.5. The second kappa shape index (κ2) is 2.83. The van der Waals surface area contributed by atoms with E-state index in [9.17, 15) is 14.8 Å². The zero-order valence-electron chi connectivity index (χ0n) is 9.67. The molecule has 1 aliphatic heterocycles. The third kappa shape index (κ3) is 1.14. The molecule has 0 amide bonds. The Kier molecular flexibility index (Phi) is 1.97. The first-order valence-corrected chi connectivity index (χ1v) is 5.04. The zero-order chi connectivity index (χ0) is 12.3. The molecule has 1 aromatic rings. The Morgan fingerprint density at radius 2 is 1.56 bits per heavy atom. The number of hydroxylamine groups is 2. The van der Waals surface area contributed by atoms with Crippen LogP contribution in [0, 0.1) is 0 Å². The minimum absolute atomic E-state index is 0.340. The number of aromatic nitrogens is 2. The Labute approximate surface area is 91.9 Å². The Bertz CT molecular complexity index is 553. The first kappa shape index (κ1) is 11.1. The maximum atomic E-state index is 12.1. The number of aromatic amines is 2. The summed E-state index contributed by atoms with van der Waals surface area (Å²) >= 11 is 0. The Morgan fingerprint density at radius 3 is 2.12 bits per heavy atom. The number of hydrogen-bond acceptors (Lipinski definition) is 3. The molecule has 0 unspecified atom stereocenters. The Hall–Kier alpha value is -1.40. The van der Waals surface area contributed by atoms with Crippen molar-refractivity contribution < 1.29 is 5.21 Å². The van der Waals surface area contributed by atoms with Crippen LogP contribution in [0.25, 0.3) is 0 Å². The number of nitrogens with one attached hydrogen (secondary N) is 2. The average Bonchev–Trinajstić information content (AvgIpc) is 2.25. The normalized spacial score (nSPS) is 22.1. The molecule has 16 heavy (non-hydrogen) atoms. The number of rotatable bonds is 0. The number of nitrogens with zero attached hydrogens (tertiary/aromatic N) is 1. The summed E-state index contributed by atoms with van der Waals surface area (Å²) in [7, 11) is 0. The van der Waals surface area contributed by atoms with E-state index in [0.717, 1.165) is 5.06 Å². The van der Waals surface area contributed by atoms with Crippen LogP contribution >= 0.6 is 0 Å². The lowest BCUT2D eigenvalue weighted by Gasteiger charge is -2.31. The molecule has 0 aliphatic carbocycles. The van der Waals surface area contributed by atoms with Crippen molar-refractivity contribution in [1.29, 1.82) is 0 Å². The molecule has 1 aromatic heterocycles. The van der Waals surface area contributed by atoms with E-state index in [1.165, 1.54) is 0 Å². The summed E-state index contributed by atoms with van der Waals surface area (Å²) in [4.78, 5) is 27.7. The van der Waals surface area contributed by atoms with Gasteiger partial charge < -0.3 is 4.98 Å². The fourth-order valence-electron chi connectivity index (χ4n) is 2.43. The summed E-state index contributed by atoms with van der Waals surface area (Å²) in [5.74, 6) is 0. The molecule has 0 fully saturated rings. The van der Waals surface area contributed by atoms with Gasteiger partial charge in [-0.1, -0.05) is 0 Å². The van der Waals surface area contributed by atoms with Crippen LogP contribution in [0.3, 0.4) is 0 Å². The van der Waals surface area contributed by atoms with Crippen LogP contribution in [0.2, 0.25) is 0 Å². The summed E-state index contributed by atoms with van der Waals surface area (Å²) in [6.45, 7) is 6.70. The van der Waals surface area contributed by atoms with Crippen molar-refractivity contribution in [2.75, 3.05) is 0 Å². The standard InChI is InChI=1S/C10H14N3O3/c1-9(2)5-6(10(3,4)13(9)16)11-8(15)12-7(5)14/h1-4H3,(H2,11,12,14,15). The summed E-state index contributed by atoms with van der Waals surface area (Å²) in [6, 6.07) is 0. The van der Waals surface area contributed by atoms with Crippen LogP contribution in [0.15, 0.2) is 9.59 Å². The van der Waals surface area contributed by atoms with Crippen LogP contribution < -0.4 is 11.2 Å². The van der Waals surface area contributed by atoms with Crippen LogP contribution in [-0.2, 0) is 16.3 Å². The van der Waals surface area contributed by atoms with Gasteiger partial charge in [-0.2, -0.15) is 0 Å². The first-order valence-electron chi connectivity index (χ1n) is 5.04. The second-order valence-electron chi connectivity index (χ2n) is 5.07. The summed E-state index contributed by atoms with van der Waals surface area (Å²) in [6.07, 6.45) is 0. The Balaban J connectivity index is 2.91. The van der Waals surface area contributed by atoms with E-state index < -0.39 is 22.3 Å². The maximum Gasteiger partial charge on any atom is 0.325 e. The van der Waals surface area contributed by atoms with E-state index in [0.29, 0.717) is 11.3 Å². The fourth-order valence-corrected chi connectivity index (χ4v) is 2.43. The van der Waals surface area contributed by atoms with Gasteiger partial charge in [-0.15, -0.1) is 10.3 Å². The van der Waals surface area contributed by atoms with Crippen LogP contribution in [-0.4, -0.2) is 15.0 Å². The highest BCUT2D eigenvalue weighted by molar-refractivity contribution is 5.35. The lowest BCUT2D eigenvalue weighted by atomic mass is 9.96. The van der Waals surface area contributed by atoms with Crippen molar-refractivity contribution in [1.82, 2.24) is 15.0 Å². The smallest absolute Gasteiger partial charge is 0.309 e. The molecule has 0 spiro atoms. The van der Waals surface area contributed by atoms with Crippen molar-refractivity contribution in [3.8, 4) is 0 Å². The predicted octanol–water partition coefficient (Wildman–Crippen LogP) is 0.195. The van der Waals surface area contributed by atoms with E-state index in [2.05, 4.69) is 9.97 Å². The van der Waals surface area contributed by atoms with Gasteiger partial charge in [0.05, 0.1) is 22.3 Å². The van der Waals surface area contributed by atoms with Crippen molar-refractivity contribution >= 4 is 0 Å². The summed E-state index contributed by atoms with van der Waals surface area (Å²) < 4.78 is 0. The molecule has 1 aliphatic rings. The maximum absolute atomic E-state index is 12.1. The van der Waals surface area contributed by atoms with Crippen molar-refractivity contribution in [3.63, 3.8) is 0 Å². The molecule has 0 aromatic carbocycles.